The van der Waals surface area contributed by atoms with Crippen molar-refractivity contribution in [2.75, 3.05) is 0 Å². The third-order valence-electron chi connectivity index (χ3n) is 2.00. The molecule has 1 heterocycles. The normalized spacial score (nSPS) is 12.6. The molecule has 0 unspecified atom stereocenters. The molecule has 0 aliphatic carbocycles. The Kier molecular flexibility index (Phi) is 3.58. The molecular formula is C9H16N4O3S. The molecule has 0 fully saturated rings. The number of aromatic nitrogens is 2. The monoisotopic (exact) mass is 260 g/mol. The first-order valence-electron chi connectivity index (χ1n) is 4.96. The van der Waals surface area contributed by atoms with Crippen molar-refractivity contribution in [1.82, 2.24) is 14.7 Å². The van der Waals surface area contributed by atoms with Gasteiger partial charge in [0.1, 0.15) is 5.82 Å². The second kappa shape index (κ2) is 4.46. The Balaban J connectivity index is 2.90. The van der Waals surface area contributed by atoms with E-state index in [1.807, 2.05) is 0 Å². The fourth-order valence-corrected chi connectivity index (χ4v) is 2.81. The summed E-state index contributed by atoms with van der Waals surface area (Å²) in [7, 11) is -3.72. The number of nitrogens with two attached hydrogens (primary N) is 1. The number of hydrogen-bond acceptors (Lipinski definition) is 4. The van der Waals surface area contributed by atoms with Crippen LogP contribution >= 0.6 is 0 Å². The zero-order chi connectivity index (χ0) is 13.3. The average Bonchev–Trinajstić information content (AvgIpc) is 2.46. The molecule has 1 rings (SSSR count). The van der Waals surface area contributed by atoms with Gasteiger partial charge in [-0.1, -0.05) is 0 Å². The molecule has 0 saturated heterocycles. The molecule has 7 nitrogen and oxygen atoms in total. The lowest BCUT2D eigenvalue weighted by molar-refractivity contribution is -0.119. The second-order valence-electron chi connectivity index (χ2n) is 4.47. The van der Waals surface area contributed by atoms with Gasteiger partial charge >= 0.3 is 0 Å². The third kappa shape index (κ3) is 3.82. The Labute approximate surface area is 99.9 Å². The first-order chi connectivity index (χ1) is 7.62. The van der Waals surface area contributed by atoms with E-state index in [1.54, 1.807) is 20.8 Å². The predicted molar refractivity (Wildman–Crippen MR) is 61.5 cm³/mol. The van der Waals surface area contributed by atoms with Crippen LogP contribution < -0.4 is 10.5 Å². The summed E-state index contributed by atoms with van der Waals surface area (Å²) < 4.78 is 26.2. The van der Waals surface area contributed by atoms with Crippen molar-refractivity contribution >= 4 is 15.9 Å². The van der Waals surface area contributed by atoms with Crippen molar-refractivity contribution in [3.8, 4) is 0 Å². The van der Waals surface area contributed by atoms with Gasteiger partial charge < -0.3 is 10.7 Å². The van der Waals surface area contributed by atoms with E-state index in [4.69, 9.17) is 5.73 Å². The maximum absolute atomic E-state index is 11.9. The van der Waals surface area contributed by atoms with Gasteiger partial charge in [-0.05, 0) is 20.8 Å². The molecule has 0 aliphatic rings. The van der Waals surface area contributed by atoms with Gasteiger partial charge in [0, 0.05) is 12.0 Å². The van der Waals surface area contributed by atoms with Crippen molar-refractivity contribution in [1.29, 1.82) is 0 Å². The van der Waals surface area contributed by atoms with Crippen LogP contribution in [0.3, 0.4) is 0 Å². The number of amides is 1. The minimum Gasteiger partial charge on any atom is -0.370 e. The van der Waals surface area contributed by atoms with Gasteiger partial charge in [0.15, 0.2) is 5.03 Å². The van der Waals surface area contributed by atoms with Crippen LogP contribution in [-0.4, -0.2) is 29.8 Å². The molecule has 1 aromatic rings. The van der Waals surface area contributed by atoms with E-state index in [-0.39, 0.29) is 11.4 Å². The summed E-state index contributed by atoms with van der Waals surface area (Å²) in [6.45, 7) is 4.81. The minimum atomic E-state index is -3.72. The van der Waals surface area contributed by atoms with Gasteiger partial charge in [-0.2, -0.15) is 0 Å². The smallest absolute Gasteiger partial charge is 0.258 e. The topological polar surface area (TPSA) is 118 Å². The number of sulfonamides is 1. The van der Waals surface area contributed by atoms with Gasteiger partial charge in [0.2, 0.25) is 5.91 Å². The van der Waals surface area contributed by atoms with E-state index in [2.05, 4.69) is 14.7 Å². The number of carbonyl (C=O) groups is 1. The van der Waals surface area contributed by atoms with Gasteiger partial charge in [-0.15, -0.1) is 0 Å². The van der Waals surface area contributed by atoms with Crippen LogP contribution in [0, 0.1) is 6.92 Å². The summed E-state index contributed by atoms with van der Waals surface area (Å²) in [4.78, 5) is 17.2. The minimum absolute atomic E-state index is 0.0347. The standard InChI is InChI=1S/C9H16N4O3S/c1-6-11-5-8(12-6)17(15,16)13-9(2,3)4-7(10)14/h5,13H,4H2,1-3H3,(H2,10,14)(H,11,12). The number of imidazole rings is 1. The van der Waals surface area contributed by atoms with E-state index in [9.17, 15) is 13.2 Å². The van der Waals surface area contributed by atoms with Gasteiger partial charge in [0.05, 0.1) is 6.20 Å². The summed E-state index contributed by atoms with van der Waals surface area (Å²) in [6.07, 6.45) is 1.14. The van der Waals surface area contributed by atoms with Crippen LogP contribution in [0.25, 0.3) is 0 Å². The molecule has 0 aliphatic heterocycles. The zero-order valence-electron chi connectivity index (χ0n) is 9.94. The molecule has 0 bridgehead atoms. The largest absolute Gasteiger partial charge is 0.370 e. The van der Waals surface area contributed by atoms with E-state index < -0.39 is 21.5 Å². The summed E-state index contributed by atoms with van der Waals surface area (Å²) in [6, 6.07) is 0. The number of aromatic amines is 1. The van der Waals surface area contributed by atoms with Gasteiger partial charge in [-0.3, -0.25) is 4.79 Å². The molecule has 1 aromatic heterocycles. The molecule has 0 radical (unpaired) electrons. The Morgan fingerprint density at radius 2 is 2.18 bits per heavy atom. The molecular weight excluding hydrogens is 244 g/mol. The van der Waals surface area contributed by atoms with Crippen LogP contribution in [0.1, 0.15) is 26.1 Å². The number of carbonyl (C=O) groups excluding carboxylic acids is 1. The fraction of sp³-hybridized carbons (Fsp3) is 0.556. The quantitative estimate of drug-likeness (QED) is 0.670. The number of nitrogens with zero attached hydrogens (tertiary/aromatic N) is 1. The lowest BCUT2D eigenvalue weighted by Crippen LogP contribution is -2.46. The highest BCUT2D eigenvalue weighted by Crippen LogP contribution is 2.13. The highest BCUT2D eigenvalue weighted by atomic mass is 32.2. The zero-order valence-corrected chi connectivity index (χ0v) is 10.8. The fourth-order valence-electron chi connectivity index (χ4n) is 1.43. The van der Waals surface area contributed by atoms with Crippen molar-refractivity contribution in [2.24, 2.45) is 5.73 Å². The molecule has 4 N–H and O–H groups in total. The maximum atomic E-state index is 11.9. The number of aryl methyl sites for hydroxylation is 1. The average molecular weight is 260 g/mol. The number of rotatable bonds is 5. The first kappa shape index (κ1) is 13.7. The van der Waals surface area contributed by atoms with Crippen molar-refractivity contribution in [2.45, 2.75) is 37.8 Å². The summed E-state index contributed by atoms with van der Waals surface area (Å²) in [5.74, 6) is -0.0726. The molecule has 0 atom stereocenters. The highest BCUT2D eigenvalue weighted by Gasteiger charge is 2.28. The molecule has 0 saturated carbocycles. The number of hydrogen-bond donors (Lipinski definition) is 3. The third-order valence-corrected chi connectivity index (χ3v) is 3.60. The lowest BCUT2D eigenvalue weighted by Gasteiger charge is -2.23. The van der Waals surface area contributed by atoms with Crippen molar-refractivity contribution in [3.63, 3.8) is 0 Å². The van der Waals surface area contributed by atoms with Crippen molar-refractivity contribution < 1.29 is 13.2 Å². The Morgan fingerprint density at radius 1 is 1.59 bits per heavy atom. The lowest BCUT2D eigenvalue weighted by atomic mass is 10.0. The molecule has 17 heavy (non-hydrogen) atoms. The highest BCUT2D eigenvalue weighted by molar-refractivity contribution is 7.89. The maximum Gasteiger partial charge on any atom is 0.258 e. The molecule has 1 amide bonds. The molecule has 0 spiro atoms. The molecule has 8 heteroatoms. The summed E-state index contributed by atoms with van der Waals surface area (Å²) in [5, 5.41) is -0.0347. The van der Waals surface area contributed by atoms with E-state index in [0.29, 0.717) is 5.82 Å². The van der Waals surface area contributed by atoms with Crippen LogP contribution in [0.2, 0.25) is 0 Å². The van der Waals surface area contributed by atoms with Crippen LogP contribution in [-0.2, 0) is 14.8 Å². The molecule has 0 aromatic carbocycles. The summed E-state index contributed by atoms with van der Waals surface area (Å²) >= 11 is 0. The summed E-state index contributed by atoms with van der Waals surface area (Å²) in [5.41, 5.74) is 4.11. The predicted octanol–water partition coefficient (Wildman–Crippen LogP) is -0.350. The van der Waals surface area contributed by atoms with Crippen LogP contribution in [0.4, 0.5) is 0 Å². The van der Waals surface area contributed by atoms with E-state index >= 15 is 0 Å². The number of primary amides is 1. The Hall–Kier alpha value is -1.41. The SMILES string of the molecule is Cc1ncc(S(=O)(=O)NC(C)(C)CC(N)=O)[nH]1. The number of H-pyrrole nitrogens is 1. The number of nitrogens with one attached hydrogen (secondary N) is 2. The van der Waals surface area contributed by atoms with Gasteiger partial charge in [-0.25, -0.2) is 18.1 Å². The molecule has 96 valence electrons. The Bertz CT molecular complexity index is 518. The first-order valence-corrected chi connectivity index (χ1v) is 6.45. The van der Waals surface area contributed by atoms with Gasteiger partial charge in [0.25, 0.3) is 10.0 Å². The van der Waals surface area contributed by atoms with E-state index in [0.717, 1.165) is 0 Å². The van der Waals surface area contributed by atoms with E-state index in [1.165, 1.54) is 6.20 Å². The van der Waals surface area contributed by atoms with Crippen molar-refractivity contribution in [3.05, 3.63) is 12.0 Å². The van der Waals surface area contributed by atoms with Crippen LogP contribution in [0.5, 0.6) is 0 Å². The second-order valence-corrected chi connectivity index (χ2v) is 6.12. The van der Waals surface area contributed by atoms with Crippen LogP contribution in [0.15, 0.2) is 11.2 Å². The Morgan fingerprint density at radius 3 is 2.59 bits per heavy atom.